The Morgan fingerprint density at radius 1 is 1.29 bits per heavy atom. The summed E-state index contributed by atoms with van der Waals surface area (Å²) in [6.45, 7) is 0.150. The van der Waals surface area contributed by atoms with E-state index in [2.05, 4.69) is 10.3 Å². The van der Waals surface area contributed by atoms with E-state index in [0.717, 1.165) is 12.1 Å². The van der Waals surface area contributed by atoms with E-state index in [0.29, 0.717) is 5.56 Å². The van der Waals surface area contributed by atoms with Gasteiger partial charge >= 0.3 is 11.7 Å². The summed E-state index contributed by atoms with van der Waals surface area (Å²) in [6, 6.07) is 7.66. The molecule has 0 aliphatic rings. The van der Waals surface area contributed by atoms with Gasteiger partial charge in [-0.2, -0.15) is 0 Å². The van der Waals surface area contributed by atoms with Crippen molar-refractivity contribution in [1.29, 1.82) is 0 Å². The monoisotopic (exact) mass is 291 g/mol. The number of nitrogens with one attached hydrogen (secondary N) is 1. The number of pyridine rings is 1. The summed E-state index contributed by atoms with van der Waals surface area (Å²) in [5.41, 5.74) is 0.0394. The van der Waals surface area contributed by atoms with E-state index in [1.807, 2.05) is 0 Å². The summed E-state index contributed by atoms with van der Waals surface area (Å²) in [7, 11) is 0. The summed E-state index contributed by atoms with van der Waals surface area (Å²) in [6.07, 6.45) is 0. The molecular formula is C13H10FN3O4. The third-order valence-corrected chi connectivity index (χ3v) is 2.66. The molecular weight excluding hydrogens is 281 g/mol. The second-order valence-electron chi connectivity index (χ2n) is 4.11. The molecule has 0 saturated heterocycles. The molecule has 0 atom stereocenters. The number of anilines is 1. The van der Waals surface area contributed by atoms with Gasteiger partial charge in [0.15, 0.2) is 5.69 Å². The van der Waals surface area contributed by atoms with Gasteiger partial charge in [-0.15, -0.1) is 0 Å². The number of carboxylic acid groups (broad SMARTS) is 1. The van der Waals surface area contributed by atoms with Crippen molar-refractivity contribution in [3.8, 4) is 0 Å². The molecule has 0 bridgehead atoms. The van der Waals surface area contributed by atoms with Crippen LogP contribution in [-0.4, -0.2) is 21.0 Å². The molecule has 0 aliphatic carbocycles. The van der Waals surface area contributed by atoms with Crippen molar-refractivity contribution in [3.05, 3.63) is 63.6 Å². The largest absolute Gasteiger partial charge is 0.477 e. The Balaban J connectivity index is 2.24. The Morgan fingerprint density at radius 2 is 1.95 bits per heavy atom. The van der Waals surface area contributed by atoms with Crippen LogP contribution < -0.4 is 5.32 Å². The first-order valence-electron chi connectivity index (χ1n) is 5.84. The van der Waals surface area contributed by atoms with Gasteiger partial charge in [-0.05, 0) is 23.8 Å². The smallest absolute Gasteiger partial charge is 0.354 e. The van der Waals surface area contributed by atoms with Crippen molar-refractivity contribution < 1.29 is 19.2 Å². The lowest BCUT2D eigenvalue weighted by Gasteiger charge is -2.07. The zero-order chi connectivity index (χ0) is 15.4. The van der Waals surface area contributed by atoms with Gasteiger partial charge in [0.25, 0.3) is 0 Å². The molecule has 0 spiro atoms. The van der Waals surface area contributed by atoms with Crippen molar-refractivity contribution in [2.75, 3.05) is 5.32 Å². The highest BCUT2D eigenvalue weighted by Crippen LogP contribution is 2.22. The first kappa shape index (κ1) is 14.4. The molecule has 108 valence electrons. The standard InChI is InChI=1S/C13H10FN3O4/c14-9-3-1-8(2-4-9)7-15-12-11(17(20)21)6-5-10(16-12)13(18)19/h1-6H,7H2,(H,15,16)(H,18,19). The number of aromatic carboxylic acids is 1. The van der Waals surface area contributed by atoms with Gasteiger partial charge in [-0.1, -0.05) is 12.1 Å². The summed E-state index contributed by atoms with van der Waals surface area (Å²) >= 11 is 0. The van der Waals surface area contributed by atoms with Crippen molar-refractivity contribution in [2.45, 2.75) is 6.54 Å². The molecule has 0 unspecified atom stereocenters. The Hall–Kier alpha value is -3.03. The molecule has 21 heavy (non-hydrogen) atoms. The van der Waals surface area contributed by atoms with Crippen LogP contribution in [0.2, 0.25) is 0 Å². The predicted molar refractivity (Wildman–Crippen MR) is 71.6 cm³/mol. The second kappa shape index (κ2) is 5.95. The first-order chi connectivity index (χ1) is 9.97. The lowest BCUT2D eigenvalue weighted by Crippen LogP contribution is -2.08. The molecule has 8 heteroatoms. The number of hydrogen-bond donors (Lipinski definition) is 2. The normalized spacial score (nSPS) is 10.1. The number of hydrogen-bond acceptors (Lipinski definition) is 5. The van der Waals surface area contributed by atoms with E-state index in [4.69, 9.17) is 5.11 Å². The number of nitro groups is 1. The molecule has 0 saturated carbocycles. The molecule has 1 aromatic heterocycles. The zero-order valence-corrected chi connectivity index (χ0v) is 10.6. The maximum atomic E-state index is 12.8. The fourth-order valence-corrected chi connectivity index (χ4v) is 1.64. The molecule has 0 fully saturated rings. The zero-order valence-electron chi connectivity index (χ0n) is 10.6. The predicted octanol–water partition coefficient (Wildman–Crippen LogP) is 2.44. The van der Waals surface area contributed by atoms with E-state index in [1.165, 1.54) is 24.3 Å². The quantitative estimate of drug-likeness (QED) is 0.647. The van der Waals surface area contributed by atoms with Crippen LogP contribution in [0.4, 0.5) is 15.9 Å². The van der Waals surface area contributed by atoms with Crippen LogP contribution in [0.25, 0.3) is 0 Å². The van der Waals surface area contributed by atoms with Crippen LogP contribution in [-0.2, 0) is 6.54 Å². The van der Waals surface area contributed by atoms with E-state index in [9.17, 15) is 19.3 Å². The Kier molecular flexibility index (Phi) is 4.07. The third-order valence-electron chi connectivity index (χ3n) is 2.66. The van der Waals surface area contributed by atoms with E-state index in [-0.39, 0.29) is 23.7 Å². The van der Waals surface area contributed by atoms with Crippen molar-refractivity contribution in [3.63, 3.8) is 0 Å². The number of aromatic nitrogens is 1. The average molecular weight is 291 g/mol. The Bertz CT molecular complexity index is 688. The van der Waals surface area contributed by atoms with Crippen LogP contribution >= 0.6 is 0 Å². The maximum absolute atomic E-state index is 12.8. The highest BCUT2D eigenvalue weighted by atomic mass is 19.1. The van der Waals surface area contributed by atoms with Crippen LogP contribution in [0.3, 0.4) is 0 Å². The average Bonchev–Trinajstić information content (AvgIpc) is 2.46. The van der Waals surface area contributed by atoms with Crippen LogP contribution in [0.1, 0.15) is 16.1 Å². The highest BCUT2D eigenvalue weighted by Gasteiger charge is 2.18. The van der Waals surface area contributed by atoms with Crippen LogP contribution in [0.5, 0.6) is 0 Å². The van der Waals surface area contributed by atoms with Gasteiger partial charge in [0.1, 0.15) is 5.82 Å². The number of carboxylic acids is 1. The summed E-state index contributed by atoms with van der Waals surface area (Å²) in [4.78, 5) is 24.8. The molecule has 2 aromatic rings. The number of halogens is 1. The lowest BCUT2D eigenvalue weighted by atomic mass is 10.2. The number of carbonyl (C=O) groups is 1. The summed E-state index contributed by atoms with van der Waals surface area (Å²) < 4.78 is 12.8. The van der Waals surface area contributed by atoms with Gasteiger partial charge in [0.05, 0.1) is 4.92 Å². The van der Waals surface area contributed by atoms with Crippen molar-refractivity contribution in [1.82, 2.24) is 4.98 Å². The SMILES string of the molecule is O=C(O)c1ccc([N+](=O)[O-])c(NCc2ccc(F)cc2)n1. The molecule has 0 amide bonds. The number of nitrogens with zero attached hydrogens (tertiary/aromatic N) is 2. The fraction of sp³-hybridized carbons (Fsp3) is 0.0769. The van der Waals surface area contributed by atoms with Gasteiger partial charge in [0, 0.05) is 12.6 Å². The molecule has 0 radical (unpaired) electrons. The van der Waals surface area contributed by atoms with Gasteiger partial charge in [0.2, 0.25) is 5.82 Å². The molecule has 0 aliphatic heterocycles. The van der Waals surface area contributed by atoms with Gasteiger partial charge in [-0.3, -0.25) is 10.1 Å². The lowest BCUT2D eigenvalue weighted by molar-refractivity contribution is -0.384. The third kappa shape index (κ3) is 3.50. The summed E-state index contributed by atoms with van der Waals surface area (Å²) in [5.74, 6) is -1.82. The number of benzene rings is 1. The van der Waals surface area contributed by atoms with E-state index >= 15 is 0 Å². The van der Waals surface area contributed by atoms with Gasteiger partial charge in [-0.25, -0.2) is 14.2 Å². The first-order valence-corrected chi connectivity index (χ1v) is 5.84. The van der Waals surface area contributed by atoms with Crippen LogP contribution in [0, 0.1) is 15.9 Å². The second-order valence-corrected chi connectivity index (χ2v) is 4.11. The Morgan fingerprint density at radius 3 is 2.52 bits per heavy atom. The van der Waals surface area contributed by atoms with Gasteiger partial charge < -0.3 is 10.4 Å². The minimum atomic E-state index is -1.28. The van der Waals surface area contributed by atoms with Crippen LogP contribution in [0.15, 0.2) is 36.4 Å². The molecule has 2 N–H and O–H groups in total. The van der Waals surface area contributed by atoms with E-state index < -0.39 is 16.7 Å². The topological polar surface area (TPSA) is 105 Å². The van der Waals surface area contributed by atoms with E-state index in [1.54, 1.807) is 0 Å². The summed E-state index contributed by atoms with van der Waals surface area (Å²) in [5, 5.41) is 22.4. The molecule has 7 nitrogen and oxygen atoms in total. The highest BCUT2D eigenvalue weighted by molar-refractivity contribution is 5.86. The minimum absolute atomic E-state index is 0.149. The maximum Gasteiger partial charge on any atom is 0.354 e. The van der Waals surface area contributed by atoms with Crippen molar-refractivity contribution >= 4 is 17.5 Å². The fourth-order valence-electron chi connectivity index (χ4n) is 1.64. The molecule has 1 heterocycles. The van der Waals surface area contributed by atoms with Crippen molar-refractivity contribution in [2.24, 2.45) is 0 Å². The minimum Gasteiger partial charge on any atom is -0.477 e. The Labute approximate surface area is 118 Å². The number of rotatable bonds is 5. The molecule has 1 aromatic carbocycles. The molecule has 2 rings (SSSR count).